The van der Waals surface area contributed by atoms with Crippen molar-refractivity contribution in [3.05, 3.63) is 64.2 Å². The highest BCUT2D eigenvalue weighted by Gasteiger charge is 2.30. The van der Waals surface area contributed by atoms with Crippen LogP contribution in [0, 0.1) is 13.8 Å². The van der Waals surface area contributed by atoms with Gasteiger partial charge in [-0.3, -0.25) is 9.69 Å². The van der Waals surface area contributed by atoms with Gasteiger partial charge in [-0.15, -0.1) is 0 Å². The molecule has 1 fully saturated rings. The number of hydrogen-bond donors (Lipinski definition) is 0. The Bertz CT molecular complexity index is 1060. The SMILES string of the molecule is CCN(CCCCOc1ccc(CCN2CCN(C(=O)c3ccc(C(F)(F)F)cc3)CC2)c(C)c1C)C(C)C. The van der Waals surface area contributed by atoms with Crippen molar-refractivity contribution in [2.75, 3.05) is 52.4 Å². The number of piperazine rings is 1. The van der Waals surface area contributed by atoms with Crippen molar-refractivity contribution in [3.8, 4) is 5.75 Å². The average Bonchev–Trinajstić information content (AvgIpc) is 2.91. The van der Waals surface area contributed by atoms with Crippen LogP contribution in [0.5, 0.6) is 5.75 Å². The minimum atomic E-state index is -4.40. The van der Waals surface area contributed by atoms with Gasteiger partial charge in [0, 0.05) is 44.3 Å². The number of nitrogens with zero attached hydrogens (tertiary/aromatic N) is 3. The van der Waals surface area contributed by atoms with Crippen LogP contribution in [0.2, 0.25) is 0 Å². The molecule has 3 rings (SSSR count). The van der Waals surface area contributed by atoms with E-state index in [0.717, 1.165) is 76.5 Å². The summed E-state index contributed by atoms with van der Waals surface area (Å²) in [4.78, 5) is 19.3. The van der Waals surface area contributed by atoms with Crippen LogP contribution in [-0.4, -0.2) is 79.1 Å². The number of alkyl halides is 3. The Morgan fingerprint density at radius 3 is 2.23 bits per heavy atom. The second-order valence-electron chi connectivity index (χ2n) is 10.7. The number of carbonyl (C=O) groups excluding carboxylic acids is 1. The lowest BCUT2D eigenvalue weighted by Crippen LogP contribution is -2.49. The summed E-state index contributed by atoms with van der Waals surface area (Å²) in [6.45, 7) is 17.4. The molecule has 1 saturated heterocycles. The van der Waals surface area contributed by atoms with E-state index in [9.17, 15) is 18.0 Å². The van der Waals surface area contributed by atoms with Crippen molar-refractivity contribution in [2.24, 2.45) is 0 Å². The molecule has 2 aromatic carbocycles. The van der Waals surface area contributed by atoms with Gasteiger partial charge in [-0.1, -0.05) is 13.0 Å². The summed E-state index contributed by atoms with van der Waals surface area (Å²) >= 11 is 0. The van der Waals surface area contributed by atoms with Crippen molar-refractivity contribution in [1.29, 1.82) is 0 Å². The number of amides is 1. The number of unbranched alkanes of at least 4 members (excludes halogenated alkanes) is 1. The van der Waals surface area contributed by atoms with Gasteiger partial charge in [0.1, 0.15) is 5.75 Å². The van der Waals surface area contributed by atoms with Crippen LogP contribution >= 0.6 is 0 Å². The molecule has 1 aliphatic rings. The Balaban J connectivity index is 1.42. The summed E-state index contributed by atoms with van der Waals surface area (Å²) in [6.07, 6.45) is -1.31. The number of benzene rings is 2. The molecule has 2 aromatic rings. The molecule has 0 atom stereocenters. The summed E-state index contributed by atoms with van der Waals surface area (Å²) < 4.78 is 44.5. The molecular weight excluding hydrogens is 503 g/mol. The monoisotopic (exact) mass is 547 g/mol. The molecule has 0 aromatic heterocycles. The van der Waals surface area contributed by atoms with Crippen LogP contribution in [0.1, 0.15) is 66.2 Å². The highest BCUT2D eigenvalue weighted by atomic mass is 19.4. The molecule has 0 spiro atoms. The number of ether oxygens (including phenoxy) is 1. The van der Waals surface area contributed by atoms with E-state index in [2.05, 4.69) is 56.6 Å². The predicted molar refractivity (Wildman–Crippen MR) is 151 cm³/mol. The third-order valence-corrected chi connectivity index (χ3v) is 7.90. The van der Waals surface area contributed by atoms with Crippen LogP contribution in [0.3, 0.4) is 0 Å². The van der Waals surface area contributed by atoms with E-state index >= 15 is 0 Å². The Hall–Kier alpha value is -2.58. The van der Waals surface area contributed by atoms with E-state index in [-0.39, 0.29) is 5.91 Å². The van der Waals surface area contributed by atoms with E-state index < -0.39 is 11.7 Å². The molecule has 0 aliphatic carbocycles. The molecule has 1 amide bonds. The smallest absolute Gasteiger partial charge is 0.416 e. The lowest BCUT2D eigenvalue weighted by atomic mass is 9.99. The quantitative estimate of drug-likeness (QED) is 0.296. The molecule has 1 heterocycles. The highest BCUT2D eigenvalue weighted by molar-refractivity contribution is 5.94. The van der Waals surface area contributed by atoms with Crippen molar-refractivity contribution in [1.82, 2.24) is 14.7 Å². The topological polar surface area (TPSA) is 36.0 Å². The second kappa shape index (κ2) is 14.2. The van der Waals surface area contributed by atoms with Crippen molar-refractivity contribution >= 4 is 5.91 Å². The van der Waals surface area contributed by atoms with Crippen LogP contribution in [0.15, 0.2) is 36.4 Å². The van der Waals surface area contributed by atoms with Gasteiger partial charge < -0.3 is 14.5 Å². The summed E-state index contributed by atoms with van der Waals surface area (Å²) in [5, 5.41) is 0. The maximum absolute atomic E-state index is 12.8. The molecular formula is C31H44F3N3O2. The molecule has 8 heteroatoms. The summed E-state index contributed by atoms with van der Waals surface area (Å²) in [6, 6.07) is 9.30. The van der Waals surface area contributed by atoms with Gasteiger partial charge in [-0.05, 0) is 107 Å². The minimum Gasteiger partial charge on any atom is -0.493 e. The van der Waals surface area contributed by atoms with Gasteiger partial charge in [0.25, 0.3) is 5.91 Å². The lowest BCUT2D eigenvalue weighted by molar-refractivity contribution is -0.137. The maximum Gasteiger partial charge on any atom is 0.416 e. The van der Waals surface area contributed by atoms with Crippen LogP contribution in [0.4, 0.5) is 13.2 Å². The standard InChI is InChI=1S/C31H44F3N3O2/c1-6-36(23(2)3)16-7-8-22-39-29-14-11-26(24(4)25(29)5)15-17-35-18-20-37(21-19-35)30(38)27-9-12-28(13-10-27)31(32,33)34/h9-14,23H,6-8,15-22H2,1-5H3. The minimum absolute atomic E-state index is 0.215. The Kier molecular flexibility index (Phi) is 11.2. The third-order valence-electron chi connectivity index (χ3n) is 7.90. The third kappa shape index (κ3) is 8.70. The van der Waals surface area contributed by atoms with Gasteiger partial charge in [0.15, 0.2) is 0 Å². The first-order valence-corrected chi connectivity index (χ1v) is 14.2. The highest BCUT2D eigenvalue weighted by Crippen LogP contribution is 2.29. The Labute approximate surface area is 231 Å². The van der Waals surface area contributed by atoms with Crippen molar-refractivity contribution in [2.45, 2.75) is 66.1 Å². The molecule has 0 unspecified atom stereocenters. The average molecular weight is 548 g/mol. The largest absolute Gasteiger partial charge is 0.493 e. The van der Waals surface area contributed by atoms with Gasteiger partial charge in [0.05, 0.1) is 12.2 Å². The molecule has 5 nitrogen and oxygen atoms in total. The second-order valence-corrected chi connectivity index (χ2v) is 10.7. The number of hydrogen-bond acceptors (Lipinski definition) is 4. The first kappa shape index (κ1) is 31.0. The molecule has 0 radical (unpaired) electrons. The molecule has 0 saturated carbocycles. The molecule has 216 valence electrons. The number of halogens is 3. The van der Waals surface area contributed by atoms with E-state index in [1.165, 1.54) is 28.8 Å². The molecule has 0 bridgehead atoms. The fraction of sp³-hybridized carbons (Fsp3) is 0.581. The van der Waals surface area contributed by atoms with Crippen LogP contribution in [0.25, 0.3) is 0 Å². The fourth-order valence-electron chi connectivity index (χ4n) is 5.10. The van der Waals surface area contributed by atoms with Gasteiger partial charge >= 0.3 is 6.18 Å². The summed E-state index contributed by atoms with van der Waals surface area (Å²) in [5.74, 6) is 0.746. The zero-order valence-corrected chi connectivity index (χ0v) is 24.1. The molecule has 1 aliphatic heterocycles. The van der Waals surface area contributed by atoms with E-state index in [4.69, 9.17) is 4.74 Å². The first-order chi connectivity index (χ1) is 18.5. The zero-order valence-electron chi connectivity index (χ0n) is 24.1. The van der Waals surface area contributed by atoms with E-state index in [1.54, 1.807) is 4.90 Å². The lowest BCUT2D eigenvalue weighted by Gasteiger charge is -2.35. The summed E-state index contributed by atoms with van der Waals surface area (Å²) in [7, 11) is 0. The number of carbonyl (C=O) groups is 1. The fourth-order valence-corrected chi connectivity index (χ4v) is 5.10. The van der Waals surface area contributed by atoms with E-state index in [1.807, 2.05) is 0 Å². The molecule has 39 heavy (non-hydrogen) atoms. The Morgan fingerprint density at radius 2 is 1.64 bits per heavy atom. The number of rotatable bonds is 12. The Morgan fingerprint density at radius 1 is 0.974 bits per heavy atom. The zero-order chi connectivity index (χ0) is 28.6. The normalized spacial score (nSPS) is 14.9. The first-order valence-electron chi connectivity index (χ1n) is 14.2. The van der Waals surface area contributed by atoms with Crippen LogP contribution < -0.4 is 4.74 Å². The van der Waals surface area contributed by atoms with Crippen LogP contribution in [-0.2, 0) is 12.6 Å². The van der Waals surface area contributed by atoms with Crippen molar-refractivity contribution in [3.63, 3.8) is 0 Å². The van der Waals surface area contributed by atoms with Crippen molar-refractivity contribution < 1.29 is 22.7 Å². The maximum atomic E-state index is 12.8. The molecule has 0 N–H and O–H groups in total. The summed E-state index contributed by atoms with van der Waals surface area (Å²) in [5.41, 5.74) is 3.31. The van der Waals surface area contributed by atoms with Gasteiger partial charge in [-0.25, -0.2) is 0 Å². The van der Waals surface area contributed by atoms with E-state index in [0.29, 0.717) is 24.7 Å². The predicted octanol–water partition coefficient (Wildman–Crippen LogP) is 6.21. The van der Waals surface area contributed by atoms with Gasteiger partial charge in [-0.2, -0.15) is 13.2 Å². The van der Waals surface area contributed by atoms with Gasteiger partial charge in [0.2, 0.25) is 0 Å².